The highest BCUT2D eigenvalue weighted by molar-refractivity contribution is 5.69. The number of rotatable bonds is 9. The molecule has 1 unspecified atom stereocenters. The normalized spacial score (nSPS) is 12.8. The molecule has 0 aromatic rings. The van der Waals surface area contributed by atoms with Crippen molar-refractivity contribution >= 4 is 5.97 Å². The fourth-order valence-corrected chi connectivity index (χ4v) is 1.67. The van der Waals surface area contributed by atoms with Crippen molar-refractivity contribution in [3.05, 3.63) is 12.2 Å². The summed E-state index contributed by atoms with van der Waals surface area (Å²) in [7, 11) is 0. The minimum absolute atomic E-state index is 0.305. The van der Waals surface area contributed by atoms with Crippen LogP contribution >= 0.6 is 0 Å². The average Bonchev–Trinajstić information content (AvgIpc) is 2.16. The highest BCUT2D eigenvalue weighted by Crippen LogP contribution is 2.06. The van der Waals surface area contributed by atoms with Crippen molar-refractivity contribution in [2.45, 2.75) is 40.0 Å². The second-order valence-electron chi connectivity index (χ2n) is 4.64. The SMILES string of the molecule is C=C(C)CN(CCCCC)CC(C)C(=O)O. The summed E-state index contributed by atoms with van der Waals surface area (Å²) in [6.07, 6.45) is 3.53. The highest BCUT2D eigenvalue weighted by atomic mass is 16.4. The maximum atomic E-state index is 10.8. The van der Waals surface area contributed by atoms with Crippen LogP contribution in [0, 0.1) is 5.92 Å². The minimum Gasteiger partial charge on any atom is -0.481 e. The fraction of sp³-hybridized carbons (Fsp3) is 0.769. The lowest BCUT2D eigenvalue weighted by Gasteiger charge is -2.24. The van der Waals surface area contributed by atoms with E-state index in [9.17, 15) is 4.79 Å². The number of carboxylic acids is 1. The van der Waals surface area contributed by atoms with Gasteiger partial charge in [0.1, 0.15) is 0 Å². The molecule has 3 nitrogen and oxygen atoms in total. The molecule has 0 rings (SSSR count). The van der Waals surface area contributed by atoms with E-state index in [2.05, 4.69) is 18.4 Å². The van der Waals surface area contributed by atoms with Crippen molar-refractivity contribution < 1.29 is 9.90 Å². The van der Waals surface area contributed by atoms with Crippen molar-refractivity contribution in [3.8, 4) is 0 Å². The Bertz CT molecular complexity index is 226. The number of aliphatic carboxylic acids is 1. The molecule has 3 heteroatoms. The van der Waals surface area contributed by atoms with Crippen molar-refractivity contribution in [2.24, 2.45) is 5.92 Å². The Labute approximate surface area is 99.1 Å². The summed E-state index contributed by atoms with van der Waals surface area (Å²) in [5.41, 5.74) is 1.09. The average molecular weight is 227 g/mol. The Morgan fingerprint density at radius 1 is 1.44 bits per heavy atom. The number of hydrogen-bond donors (Lipinski definition) is 1. The Kier molecular flexibility index (Phi) is 7.90. The Hall–Kier alpha value is -0.830. The number of unbranched alkanes of at least 4 members (excludes halogenated alkanes) is 2. The molecule has 0 aliphatic carbocycles. The van der Waals surface area contributed by atoms with Gasteiger partial charge in [-0.1, -0.05) is 38.8 Å². The third-order valence-electron chi connectivity index (χ3n) is 2.53. The van der Waals surface area contributed by atoms with Crippen molar-refractivity contribution in [1.82, 2.24) is 4.90 Å². The van der Waals surface area contributed by atoms with Gasteiger partial charge in [0.2, 0.25) is 0 Å². The lowest BCUT2D eigenvalue weighted by Crippen LogP contribution is -2.33. The largest absolute Gasteiger partial charge is 0.481 e. The van der Waals surface area contributed by atoms with E-state index >= 15 is 0 Å². The maximum absolute atomic E-state index is 10.8. The van der Waals surface area contributed by atoms with Gasteiger partial charge in [-0.05, 0) is 19.9 Å². The predicted octanol–water partition coefficient (Wildman–Crippen LogP) is 2.78. The van der Waals surface area contributed by atoms with E-state index < -0.39 is 5.97 Å². The molecule has 0 heterocycles. The van der Waals surface area contributed by atoms with Crippen LogP contribution in [0.4, 0.5) is 0 Å². The van der Waals surface area contributed by atoms with E-state index in [1.54, 1.807) is 6.92 Å². The molecule has 0 saturated heterocycles. The van der Waals surface area contributed by atoms with E-state index in [-0.39, 0.29) is 5.92 Å². The topological polar surface area (TPSA) is 40.5 Å². The van der Waals surface area contributed by atoms with E-state index in [1.165, 1.54) is 12.8 Å². The molecule has 16 heavy (non-hydrogen) atoms. The summed E-state index contributed by atoms with van der Waals surface area (Å²) in [6, 6.07) is 0. The molecule has 0 aromatic carbocycles. The molecule has 0 aromatic heterocycles. The third-order valence-corrected chi connectivity index (χ3v) is 2.53. The number of hydrogen-bond acceptors (Lipinski definition) is 2. The molecule has 0 bridgehead atoms. The first kappa shape index (κ1) is 15.2. The van der Waals surface area contributed by atoms with E-state index in [4.69, 9.17) is 5.11 Å². The molecule has 0 aliphatic rings. The van der Waals surface area contributed by atoms with Crippen molar-refractivity contribution in [1.29, 1.82) is 0 Å². The molecule has 0 radical (unpaired) electrons. The predicted molar refractivity (Wildman–Crippen MR) is 67.6 cm³/mol. The number of nitrogens with zero attached hydrogens (tertiary/aromatic N) is 1. The first-order valence-electron chi connectivity index (χ1n) is 6.06. The molecule has 0 amide bonds. The van der Waals surface area contributed by atoms with Gasteiger partial charge in [-0.2, -0.15) is 0 Å². The lowest BCUT2D eigenvalue weighted by molar-refractivity contribution is -0.141. The molecule has 94 valence electrons. The van der Waals surface area contributed by atoms with Gasteiger partial charge in [0.05, 0.1) is 5.92 Å². The molecular formula is C13H25NO2. The summed E-state index contributed by atoms with van der Waals surface area (Å²) in [5, 5.41) is 8.89. The van der Waals surface area contributed by atoms with Gasteiger partial charge in [-0.25, -0.2) is 0 Å². The van der Waals surface area contributed by atoms with Crippen LogP contribution < -0.4 is 0 Å². The van der Waals surface area contributed by atoms with Gasteiger partial charge in [-0.3, -0.25) is 9.69 Å². The Balaban J connectivity index is 4.08. The Morgan fingerprint density at radius 2 is 2.06 bits per heavy atom. The van der Waals surface area contributed by atoms with Gasteiger partial charge in [0.15, 0.2) is 0 Å². The van der Waals surface area contributed by atoms with Crippen LogP contribution in [0.25, 0.3) is 0 Å². The van der Waals surface area contributed by atoms with E-state index in [0.29, 0.717) is 6.54 Å². The summed E-state index contributed by atoms with van der Waals surface area (Å²) in [6.45, 7) is 12.2. The zero-order chi connectivity index (χ0) is 12.6. The van der Waals surface area contributed by atoms with Crippen LogP contribution in [0.15, 0.2) is 12.2 Å². The minimum atomic E-state index is -0.720. The first-order chi connectivity index (χ1) is 7.47. The molecule has 1 N–H and O–H groups in total. The molecule has 0 saturated carbocycles. The number of carboxylic acid groups (broad SMARTS) is 1. The van der Waals surface area contributed by atoms with Crippen LogP contribution in [-0.4, -0.2) is 35.6 Å². The van der Waals surface area contributed by atoms with Crippen molar-refractivity contribution in [3.63, 3.8) is 0 Å². The third kappa shape index (κ3) is 7.46. The molecule has 1 atom stereocenters. The molecule has 0 aliphatic heterocycles. The van der Waals surface area contributed by atoms with Crippen LogP contribution in [0.2, 0.25) is 0 Å². The fourth-order valence-electron chi connectivity index (χ4n) is 1.67. The summed E-state index contributed by atoms with van der Waals surface area (Å²) in [5.74, 6) is -1.02. The van der Waals surface area contributed by atoms with Gasteiger partial charge in [0.25, 0.3) is 0 Å². The maximum Gasteiger partial charge on any atom is 0.307 e. The van der Waals surface area contributed by atoms with Gasteiger partial charge in [0, 0.05) is 13.1 Å². The Morgan fingerprint density at radius 3 is 2.50 bits per heavy atom. The smallest absolute Gasteiger partial charge is 0.307 e. The van der Waals surface area contributed by atoms with Crippen molar-refractivity contribution in [2.75, 3.05) is 19.6 Å². The molecule has 0 spiro atoms. The standard InChI is InChI=1S/C13H25NO2/c1-5-6-7-8-14(9-11(2)3)10-12(4)13(15)16/h12H,2,5-10H2,1,3-4H3,(H,15,16). The second-order valence-corrected chi connectivity index (χ2v) is 4.64. The summed E-state index contributed by atoms with van der Waals surface area (Å²) >= 11 is 0. The summed E-state index contributed by atoms with van der Waals surface area (Å²) < 4.78 is 0. The zero-order valence-electron chi connectivity index (χ0n) is 10.8. The van der Waals surface area contributed by atoms with Crippen LogP contribution in [0.5, 0.6) is 0 Å². The number of carbonyl (C=O) groups is 1. The highest BCUT2D eigenvalue weighted by Gasteiger charge is 2.15. The van der Waals surface area contributed by atoms with Crippen LogP contribution in [-0.2, 0) is 4.79 Å². The van der Waals surface area contributed by atoms with E-state index in [1.807, 2.05) is 6.92 Å². The molecular weight excluding hydrogens is 202 g/mol. The monoisotopic (exact) mass is 227 g/mol. The molecule has 0 fully saturated rings. The van der Waals surface area contributed by atoms with Gasteiger partial charge < -0.3 is 5.11 Å². The van der Waals surface area contributed by atoms with E-state index in [0.717, 1.165) is 25.1 Å². The van der Waals surface area contributed by atoms with Gasteiger partial charge >= 0.3 is 5.97 Å². The summed E-state index contributed by atoms with van der Waals surface area (Å²) in [4.78, 5) is 13.0. The van der Waals surface area contributed by atoms with Gasteiger partial charge in [-0.15, -0.1) is 0 Å². The van der Waals surface area contributed by atoms with Crippen LogP contribution in [0.1, 0.15) is 40.0 Å². The second kappa shape index (κ2) is 8.34. The lowest BCUT2D eigenvalue weighted by atomic mass is 10.1. The zero-order valence-corrected chi connectivity index (χ0v) is 10.8. The van der Waals surface area contributed by atoms with Crippen LogP contribution in [0.3, 0.4) is 0 Å². The first-order valence-corrected chi connectivity index (χ1v) is 6.06. The quantitative estimate of drug-likeness (QED) is 0.486.